The molecule has 0 spiro atoms. The van der Waals surface area contributed by atoms with Crippen LogP contribution in [0.3, 0.4) is 0 Å². The van der Waals surface area contributed by atoms with Gasteiger partial charge in [0.1, 0.15) is 5.60 Å². The molecule has 1 aromatic heterocycles. The number of aromatic nitrogens is 2. The van der Waals surface area contributed by atoms with Crippen molar-refractivity contribution in [2.75, 3.05) is 0 Å². The number of hydrogen-bond donors (Lipinski definition) is 2. The minimum absolute atomic E-state index is 0.147. The molecule has 2 aromatic carbocycles. The summed E-state index contributed by atoms with van der Waals surface area (Å²) in [7, 11) is 0. The number of aliphatic hydroxyl groups is 1. The number of imidazole rings is 1. The van der Waals surface area contributed by atoms with E-state index in [2.05, 4.69) is 9.97 Å². The van der Waals surface area contributed by atoms with Gasteiger partial charge in [-0.3, -0.25) is 0 Å². The summed E-state index contributed by atoms with van der Waals surface area (Å²) < 4.78 is 38.2. The molecular formula is C20H19F3N2O. The van der Waals surface area contributed by atoms with Gasteiger partial charge in [-0.1, -0.05) is 44.2 Å². The Bertz CT molecular complexity index is 871. The lowest BCUT2D eigenvalue weighted by molar-refractivity contribution is -0.137. The van der Waals surface area contributed by atoms with Gasteiger partial charge in [-0.2, -0.15) is 13.2 Å². The monoisotopic (exact) mass is 360 g/mol. The summed E-state index contributed by atoms with van der Waals surface area (Å²) in [5, 5.41) is 11.3. The molecule has 0 saturated carbocycles. The van der Waals surface area contributed by atoms with Crippen molar-refractivity contribution in [3.8, 4) is 11.1 Å². The van der Waals surface area contributed by atoms with E-state index in [1.54, 1.807) is 30.5 Å². The van der Waals surface area contributed by atoms with Crippen LogP contribution >= 0.6 is 0 Å². The average Bonchev–Trinajstić information content (AvgIpc) is 3.15. The Labute approximate surface area is 149 Å². The van der Waals surface area contributed by atoms with Crippen LogP contribution in [0, 0.1) is 5.92 Å². The Balaban J connectivity index is 2.03. The van der Waals surface area contributed by atoms with Crippen molar-refractivity contribution >= 4 is 0 Å². The third-order valence-corrected chi connectivity index (χ3v) is 4.59. The summed E-state index contributed by atoms with van der Waals surface area (Å²) in [6.07, 6.45) is -1.29. The molecule has 0 bridgehead atoms. The molecule has 0 fully saturated rings. The quantitative estimate of drug-likeness (QED) is 0.689. The number of alkyl halides is 3. The van der Waals surface area contributed by atoms with Crippen molar-refractivity contribution < 1.29 is 18.3 Å². The highest BCUT2D eigenvalue weighted by Crippen LogP contribution is 2.37. The molecule has 0 aliphatic carbocycles. The van der Waals surface area contributed by atoms with Crippen LogP contribution in [0.15, 0.2) is 61.1 Å². The Kier molecular flexibility index (Phi) is 4.63. The summed E-state index contributed by atoms with van der Waals surface area (Å²) >= 11 is 0. The topological polar surface area (TPSA) is 48.9 Å². The molecule has 0 aliphatic rings. The van der Waals surface area contributed by atoms with Gasteiger partial charge >= 0.3 is 6.18 Å². The summed E-state index contributed by atoms with van der Waals surface area (Å²) in [5.41, 5.74) is 0.628. The van der Waals surface area contributed by atoms with Crippen LogP contribution in [0.5, 0.6) is 0 Å². The Morgan fingerprint density at radius 3 is 2.19 bits per heavy atom. The summed E-state index contributed by atoms with van der Waals surface area (Å²) in [5.74, 6) is -0.147. The molecule has 2 N–H and O–H groups in total. The third kappa shape index (κ3) is 3.24. The molecule has 3 rings (SSSR count). The number of nitrogens with zero attached hydrogens (tertiary/aromatic N) is 1. The minimum Gasteiger partial charge on any atom is -0.379 e. The highest BCUT2D eigenvalue weighted by molar-refractivity contribution is 5.65. The van der Waals surface area contributed by atoms with Crippen LogP contribution < -0.4 is 0 Å². The van der Waals surface area contributed by atoms with Crippen LogP contribution in [0.4, 0.5) is 13.2 Å². The molecule has 0 aliphatic heterocycles. The fourth-order valence-corrected chi connectivity index (χ4v) is 3.05. The second-order valence-electron chi connectivity index (χ2n) is 6.54. The number of halogens is 3. The van der Waals surface area contributed by atoms with Gasteiger partial charge < -0.3 is 10.1 Å². The van der Waals surface area contributed by atoms with Crippen molar-refractivity contribution in [2.24, 2.45) is 5.92 Å². The fraction of sp³-hybridized carbons (Fsp3) is 0.250. The molecule has 26 heavy (non-hydrogen) atoms. The van der Waals surface area contributed by atoms with E-state index >= 15 is 0 Å². The van der Waals surface area contributed by atoms with E-state index in [1.165, 1.54) is 18.5 Å². The molecule has 1 unspecified atom stereocenters. The molecule has 1 heterocycles. The first-order chi connectivity index (χ1) is 12.2. The minimum atomic E-state index is -4.36. The van der Waals surface area contributed by atoms with E-state index in [9.17, 15) is 18.3 Å². The van der Waals surface area contributed by atoms with E-state index in [1.807, 2.05) is 13.8 Å². The van der Waals surface area contributed by atoms with E-state index in [4.69, 9.17) is 0 Å². The van der Waals surface area contributed by atoms with Crippen LogP contribution in [0.1, 0.15) is 30.7 Å². The summed E-state index contributed by atoms with van der Waals surface area (Å²) in [6.45, 7) is 3.79. The zero-order chi connectivity index (χ0) is 18.9. The lowest BCUT2D eigenvalue weighted by Crippen LogP contribution is -2.33. The van der Waals surface area contributed by atoms with Crippen molar-refractivity contribution in [1.82, 2.24) is 9.97 Å². The molecule has 136 valence electrons. The normalized spacial score (nSPS) is 14.4. The first kappa shape index (κ1) is 18.2. The number of nitrogens with one attached hydrogen (secondary N) is 1. The molecule has 3 nitrogen and oxygen atoms in total. The van der Waals surface area contributed by atoms with Gasteiger partial charge in [0.05, 0.1) is 23.8 Å². The Morgan fingerprint density at radius 2 is 1.65 bits per heavy atom. The highest BCUT2D eigenvalue weighted by atomic mass is 19.4. The predicted octanol–water partition coefficient (Wildman–Crippen LogP) is 4.99. The first-order valence-corrected chi connectivity index (χ1v) is 8.22. The predicted molar refractivity (Wildman–Crippen MR) is 93.3 cm³/mol. The third-order valence-electron chi connectivity index (χ3n) is 4.59. The molecule has 0 amide bonds. The van der Waals surface area contributed by atoms with Gasteiger partial charge in [-0.25, -0.2) is 4.98 Å². The number of aromatic amines is 1. The zero-order valence-electron chi connectivity index (χ0n) is 14.4. The number of H-pyrrole nitrogens is 1. The molecular weight excluding hydrogens is 341 g/mol. The Hall–Kier alpha value is -2.60. The zero-order valence-corrected chi connectivity index (χ0v) is 14.4. The van der Waals surface area contributed by atoms with Gasteiger partial charge in [0.2, 0.25) is 0 Å². The number of rotatable bonds is 4. The summed E-state index contributed by atoms with van der Waals surface area (Å²) in [4.78, 5) is 6.94. The van der Waals surface area contributed by atoms with E-state index in [0.29, 0.717) is 16.8 Å². The number of hydrogen-bond acceptors (Lipinski definition) is 2. The maximum Gasteiger partial charge on any atom is 0.416 e. The standard InChI is InChI=1S/C20H19F3N2O/c1-13(2)19(26,18-11-24-12-25-18)17-5-3-4-15(10-17)14-6-8-16(9-7-14)20(21,22)23/h3-13,26H,1-2H3,(H,24,25). The molecule has 1 atom stereocenters. The summed E-state index contributed by atoms with van der Waals surface area (Å²) in [6, 6.07) is 12.2. The largest absolute Gasteiger partial charge is 0.416 e. The second kappa shape index (κ2) is 6.61. The van der Waals surface area contributed by atoms with Gasteiger partial charge in [0.25, 0.3) is 0 Å². The van der Waals surface area contributed by atoms with Gasteiger partial charge in [0, 0.05) is 0 Å². The van der Waals surface area contributed by atoms with Crippen molar-refractivity contribution in [2.45, 2.75) is 25.6 Å². The molecule has 0 saturated heterocycles. The maximum atomic E-state index is 12.7. The maximum absolute atomic E-state index is 12.7. The van der Waals surface area contributed by atoms with Crippen molar-refractivity contribution in [1.29, 1.82) is 0 Å². The Morgan fingerprint density at radius 1 is 0.962 bits per heavy atom. The first-order valence-electron chi connectivity index (χ1n) is 8.22. The van der Waals surface area contributed by atoms with Gasteiger partial charge in [0.15, 0.2) is 0 Å². The van der Waals surface area contributed by atoms with E-state index in [0.717, 1.165) is 17.7 Å². The lowest BCUT2D eigenvalue weighted by Gasteiger charge is -2.32. The van der Waals surface area contributed by atoms with Crippen LogP contribution in [0.25, 0.3) is 11.1 Å². The van der Waals surface area contributed by atoms with Gasteiger partial charge in [-0.05, 0) is 40.8 Å². The highest BCUT2D eigenvalue weighted by Gasteiger charge is 2.36. The van der Waals surface area contributed by atoms with Crippen molar-refractivity contribution in [3.63, 3.8) is 0 Å². The van der Waals surface area contributed by atoms with Crippen LogP contribution in [0.2, 0.25) is 0 Å². The van der Waals surface area contributed by atoms with Crippen LogP contribution in [-0.4, -0.2) is 15.1 Å². The van der Waals surface area contributed by atoms with Gasteiger partial charge in [-0.15, -0.1) is 0 Å². The number of benzene rings is 2. The van der Waals surface area contributed by atoms with E-state index < -0.39 is 17.3 Å². The second-order valence-corrected chi connectivity index (χ2v) is 6.54. The fourth-order valence-electron chi connectivity index (χ4n) is 3.05. The molecule has 6 heteroatoms. The average molecular weight is 360 g/mol. The lowest BCUT2D eigenvalue weighted by atomic mass is 9.80. The van der Waals surface area contributed by atoms with Crippen molar-refractivity contribution in [3.05, 3.63) is 77.9 Å². The van der Waals surface area contributed by atoms with Crippen LogP contribution in [-0.2, 0) is 11.8 Å². The SMILES string of the molecule is CC(C)C(O)(c1cccc(-c2ccc(C(F)(F)F)cc2)c1)c1cnc[nH]1. The smallest absolute Gasteiger partial charge is 0.379 e. The molecule has 3 aromatic rings. The van der Waals surface area contributed by atoms with E-state index in [-0.39, 0.29) is 5.92 Å². The molecule has 0 radical (unpaired) electrons.